The van der Waals surface area contributed by atoms with Crippen LogP contribution in [0.1, 0.15) is 68.7 Å². The second kappa shape index (κ2) is 15.9. The van der Waals surface area contributed by atoms with Crippen LogP contribution in [-0.2, 0) is 16.1 Å². The third-order valence-electron chi connectivity index (χ3n) is 10.5. The molecule has 0 radical (unpaired) electrons. The number of aliphatic hydroxyl groups is 2. The third-order valence-corrected chi connectivity index (χ3v) is 11.0. The van der Waals surface area contributed by atoms with Gasteiger partial charge in [-0.2, -0.15) is 0 Å². The monoisotopic (exact) mass is 727 g/mol. The molecule has 9 heteroatoms. The molecular weight excluding hydrogens is 682 g/mol. The summed E-state index contributed by atoms with van der Waals surface area (Å²) >= 11 is 3.49. The number of carbonyl (C=O) groups excluding carboxylic acids is 2. The van der Waals surface area contributed by atoms with Gasteiger partial charge in [0, 0.05) is 47.8 Å². The van der Waals surface area contributed by atoms with Crippen LogP contribution in [0.5, 0.6) is 5.75 Å². The Morgan fingerprint density at radius 1 is 1.04 bits per heavy atom. The van der Waals surface area contributed by atoms with E-state index in [1.807, 2.05) is 48.5 Å². The molecule has 2 amide bonds. The SMILES string of the molecule is CCCC1=C([C@H](O)CC/C(=C/c2cc(Br)ccc2O)c2ccccn2)[C@H](CO)[C@@H]2C(=O)N(C3CCN(Cc4ccccc4)CC3)C(=O)[C@@H]2C1. The van der Waals surface area contributed by atoms with Crippen molar-refractivity contribution in [2.75, 3.05) is 19.7 Å². The Morgan fingerprint density at radius 3 is 2.49 bits per heavy atom. The number of hydrogen-bond donors (Lipinski definition) is 3. The van der Waals surface area contributed by atoms with Gasteiger partial charge >= 0.3 is 0 Å². The number of nitrogens with zero attached hydrogens (tertiary/aromatic N) is 3. The minimum Gasteiger partial charge on any atom is -0.507 e. The van der Waals surface area contributed by atoms with Gasteiger partial charge in [-0.3, -0.25) is 24.4 Å². The minimum atomic E-state index is -0.916. The van der Waals surface area contributed by atoms with E-state index in [1.54, 1.807) is 18.3 Å². The number of halogens is 1. The molecule has 3 heterocycles. The van der Waals surface area contributed by atoms with Gasteiger partial charge in [0.1, 0.15) is 5.75 Å². The molecule has 2 saturated heterocycles. The molecule has 8 nitrogen and oxygen atoms in total. The molecule has 2 aromatic carbocycles. The van der Waals surface area contributed by atoms with Crippen LogP contribution in [-0.4, -0.2) is 73.8 Å². The van der Waals surface area contributed by atoms with Crippen LogP contribution in [0, 0.1) is 17.8 Å². The highest BCUT2D eigenvalue weighted by Gasteiger charge is 2.56. The zero-order valence-electron chi connectivity index (χ0n) is 28.0. The van der Waals surface area contributed by atoms with E-state index in [-0.39, 0.29) is 30.2 Å². The predicted octanol–water partition coefficient (Wildman–Crippen LogP) is 6.61. The van der Waals surface area contributed by atoms with Gasteiger partial charge in [0.2, 0.25) is 11.8 Å². The van der Waals surface area contributed by atoms with E-state index in [4.69, 9.17) is 0 Å². The number of imide groups is 1. The maximum absolute atomic E-state index is 14.2. The van der Waals surface area contributed by atoms with Crippen molar-refractivity contribution in [1.29, 1.82) is 0 Å². The van der Waals surface area contributed by atoms with Crippen molar-refractivity contribution < 1.29 is 24.9 Å². The van der Waals surface area contributed by atoms with Crippen molar-refractivity contribution >= 4 is 39.4 Å². The lowest BCUT2D eigenvalue weighted by atomic mass is 9.67. The molecule has 3 aromatic rings. The Balaban J connectivity index is 1.20. The Morgan fingerprint density at radius 2 is 1.80 bits per heavy atom. The Labute approximate surface area is 297 Å². The van der Waals surface area contributed by atoms with Gasteiger partial charge in [-0.15, -0.1) is 0 Å². The number of pyridine rings is 1. The quantitative estimate of drug-likeness (QED) is 0.142. The third kappa shape index (κ3) is 7.75. The van der Waals surface area contributed by atoms with Crippen LogP contribution in [0.25, 0.3) is 11.6 Å². The van der Waals surface area contributed by atoms with E-state index in [9.17, 15) is 24.9 Å². The first kappa shape index (κ1) is 35.2. The highest BCUT2D eigenvalue weighted by atomic mass is 79.9. The summed E-state index contributed by atoms with van der Waals surface area (Å²) in [7, 11) is 0. The molecule has 3 N–H and O–H groups in total. The molecule has 1 aromatic heterocycles. The van der Waals surface area contributed by atoms with Crippen LogP contribution in [0.4, 0.5) is 0 Å². The standard InChI is InChI=1S/C40H46BrN3O5/c1-2-8-28-23-32-38(40(49)44(39(32)48)31-16-19-43(20-17-31)24-26-9-4-3-5-10-26)33(25-45)37(28)36(47)14-12-27(34-11-6-7-18-42-34)21-29-22-30(41)13-15-35(29)46/h3-7,9-11,13,15,18,21-22,31-33,36,38,45-47H,2,8,12,14,16-17,19-20,23-25H2,1H3/b27-21-/t32-,33+,36-,38-/m1/s1. The van der Waals surface area contributed by atoms with E-state index < -0.39 is 23.9 Å². The van der Waals surface area contributed by atoms with Crippen molar-refractivity contribution in [3.05, 3.63) is 105 Å². The smallest absolute Gasteiger partial charge is 0.234 e. The van der Waals surface area contributed by atoms with Gasteiger partial charge in [-0.25, -0.2) is 0 Å². The number of rotatable bonds is 12. The summed E-state index contributed by atoms with van der Waals surface area (Å²) in [6.07, 6.45) is 6.88. The molecule has 1 aliphatic carbocycles. The number of fused-ring (bicyclic) bond motifs is 1. The van der Waals surface area contributed by atoms with Gasteiger partial charge in [0.05, 0.1) is 30.2 Å². The number of amides is 2. The van der Waals surface area contributed by atoms with Crippen LogP contribution in [0.2, 0.25) is 0 Å². The van der Waals surface area contributed by atoms with E-state index in [0.717, 1.165) is 65.8 Å². The summed E-state index contributed by atoms with van der Waals surface area (Å²) in [5.74, 6) is -1.98. The molecule has 4 atom stereocenters. The number of aliphatic hydroxyl groups excluding tert-OH is 2. The second-order valence-corrected chi connectivity index (χ2v) is 14.5. The van der Waals surface area contributed by atoms with E-state index in [1.165, 1.54) is 10.5 Å². The summed E-state index contributed by atoms with van der Waals surface area (Å²) in [6, 6.07) is 21.1. The van der Waals surface area contributed by atoms with Gasteiger partial charge in [0.15, 0.2) is 0 Å². The lowest BCUT2D eigenvalue weighted by Gasteiger charge is -2.37. The largest absolute Gasteiger partial charge is 0.507 e. The molecule has 49 heavy (non-hydrogen) atoms. The van der Waals surface area contributed by atoms with E-state index in [0.29, 0.717) is 31.2 Å². The summed E-state index contributed by atoms with van der Waals surface area (Å²) in [6.45, 7) is 4.23. The van der Waals surface area contributed by atoms with E-state index >= 15 is 0 Å². The maximum atomic E-state index is 14.2. The Kier molecular flexibility index (Phi) is 11.4. The molecule has 0 bridgehead atoms. The Bertz CT molecular complexity index is 1690. The molecule has 0 saturated carbocycles. The number of carbonyl (C=O) groups is 2. The highest BCUT2D eigenvalue weighted by Crippen LogP contribution is 2.48. The van der Waals surface area contributed by atoms with E-state index in [2.05, 4.69) is 44.9 Å². The average molecular weight is 729 g/mol. The lowest BCUT2D eigenvalue weighted by molar-refractivity contribution is -0.144. The number of piperidine rings is 1. The summed E-state index contributed by atoms with van der Waals surface area (Å²) in [5, 5.41) is 33.3. The van der Waals surface area contributed by atoms with Gasteiger partial charge < -0.3 is 15.3 Å². The first-order valence-electron chi connectivity index (χ1n) is 17.5. The topological polar surface area (TPSA) is 114 Å². The van der Waals surface area contributed by atoms with Crippen LogP contribution in [0.3, 0.4) is 0 Å². The fourth-order valence-corrected chi connectivity index (χ4v) is 8.54. The first-order valence-corrected chi connectivity index (χ1v) is 18.3. The minimum absolute atomic E-state index is 0.119. The van der Waals surface area contributed by atoms with Gasteiger partial charge in [0.25, 0.3) is 0 Å². The van der Waals surface area contributed by atoms with Gasteiger partial charge in [-0.1, -0.05) is 71.2 Å². The number of likely N-dealkylation sites (tertiary alicyclic amines) is 2. The normalized spacial score (nSPS) is 22.9. The number of allylic oxidation sites excluding steroid dienone is 2. The van der Waals surface area contributed by atoms with Crippen LogP contribution in [0.15, 0.2) is 88.5 Å². The number of aromatic hydroxyl groups is 1. The number of phenolic OH excluding ortho intramolecular Hbond substituents is 1. The molecule has 2 aliphatic heterocycles. The van der Waals surface area contributed by atoms with Crippen LogP contribution >= 0.6 is 15.9 Å². The highest BCUT2D eigenvalue weighted by molar-refractivity contribution is 9.10. The number of phenols is 1. The Hall–Kier alpha value is -3.63. The molecule has 2 fully saturated rings. The zero-order chi connectivity index (χ0) is 34.5. The van der Waals surface area contributed by atoms with Crippen molar-refractivity contribution in [2.45, 2.75) is 70.6 Å². The lowest BCUT2D eigenvalue weighted by Crippen LogP contribution is -2.47. The van der Waals surface area contributed by atoms with Crippen molar-refractivity contribution in [3.8, 4) is 5.75 Å². The fraction of sp³-hybridized carbons (Fsp3) is 0.425. The summed E-state index contributed by atoms with van der Waals surface area (Å²) < 4.78 is 0.830. The average Bonchev–Trinajstić information content (AvgIpc) is 3.37. The maximum Gasteiger partial charge on any atom is 0.234 e. The molecule has 0 unspecified atom stereocenters. The summed E-state index contributed by atoms with van der Waals surface area (Å²) in [5.41, 5.74) is 5.17. The van der Waals surface area contributed by atoms with Crippen LogP contribution < -0.4 is 0 Å². The number of benzene rings is 2. The molecule has 258 valence electrons. The molecule has 3 aliphatic rings. The number of aromatic nitrogens is 1. The van der Waals surface area contributed by atoms with Crippen molar-refractivity contribution in [1.82, 2.24) is 14.8 Å². The molecular formula is C40H46BrN3O5. The zero-order valence-corrected chi connectivity index (χ0v) is 29.6. The fourth-order valence-electron chi connectivity index (χ4n) is 8.16. The molecule has 6 rings (SSSR count). The predicted molar refractivity (Wildman–Crippen MR) is 194 cm³/mol. The number of hydrogen-bond acceptors (Lipinski definition) is 7. The second-order valence-electron chi connectivity index (χ2n) is 13.6. The van der Waals surface area contributed by atoms with Gasteiger partial charge in [-0.05, 0) is 91.6 Å². The molecule has 0 spiro atoms. The first-order chi connectivity index (χ1) is 23.8. The van der Waals surface area contributed by atoms with Crippen molar-refractivity contribution in [2.24, 2.45) is 17.8 Å². The summed E-state index contributed by atoms with van der Waals surface area (Å²) in [4.78, 5) is 36.6. The van der Waals surface area contributed by atoms with Crippen molar-refractivity contribution in [3.63, 3.8) is 0 Å².